The van der Waals surface area contributed by atoms with Crippen LogP contribution in [-0.2, 0) is 0 Å². The third kappa shape index (κ3) is 4.90. The Bertz CT molecular complexity index is 1810. The molecule has 190 valence electrons. The van der Waals surface area contributed by atoms with E-state index in [9.17, 15) is 14.4 Å². The maximum absolute atomic E-state index is 13.7. The Labute approximate surface area is 231 Å². The predicted octanol–water partition coefficient (Wildman–Crippen LogP) is 6.66. The number of amides is 2. The molecule has 0 bridgehead atoms. The van der Waals surface area contributed by atoms with Gasteiger partial charge in [-0.1, -0.05) is 60.4 Å². The number of para-hydroxylation sites is 1. The van der Waals surface area contributed by atoms with E-state index in [1.54, 1.807) is 54.6 Å². The van der Waals surface area contributed by atoms with Gasteiger partial charge >= 0.3 is 0 Å². The van der Waals surface area contributed by atoms with Gasteiger partial charge in [-0.15, -0.1) is 0 Å². The van der Waals surface area contributed by atoms with Crippen molar-refractivity contribution in [3.05, 3.63) is 155 Å². The number of carbonyl (C=O) groups excluding carboxylic acids is 3. The van der Waals surface area contributed by atoms with Crippen LogP contribution in [0.25, 0.3) is 11.1 Å². The van der Waals surface area contributed by atoms with Crippen LogP contribution in [0.3, 0.4) is 0 Å². The normalized spacial score (nSPS) is 11.7. The number of imide groups is 1. The van der Waals surface area contributed by atoms with Crippen LogP contribution in [-0.4, -0.2) is 17.6 Å². The Morgan fingerprint density at radius 3 is 1.85 bits per heavy atom. The average Bonchev–Trinajstić information content (AvgIpc) is 3.30. The second-order valence-electron chi connectivity index (χ2n) is 9.16. The first kappa shape index (κ1) is 24.6. The lowest BCUT2D eigenvalue weighted by atomic mass is 9.88. The van der Waals surface area contributed by atoms with E-state index in [1.165, 1.54) is 6.07 Å². The number of ketones is 1. The molecule has 5 aromatic carbocycles. The molecule has 5 heteroatoms. The molecule has 1 aliphatic heterocycles. The Hall–Kier alpha value is -5.73. The van der Waals surface area contributed by atoms with Gasteiger partial charge in [-0.05, 0) is 78.4 Å². The third-order valence-electron chi connectivity index (χ3n) is 6.54. The van der Waals surface area contributed by atoms with Crippen molar-refractivity contribution in [3.8, 4) is 34.5 Å². The van der Waals surface area contributed by atoms with Gasteiger partial charge in [0.1, 0.15) is 11.5 Å². The molecular formula is C35H21NO4. The highest BCUT2D eigenvalue weighted by atomic mass is 16.5. The monoisotopic (exact) mass is 519 g/mol. The van der Waals surface area contributed by atoms with Crippen LogP contribution in [0.15, 0.2) is 121 Å². The van der Waals surface area contributed by atoms with Crippen molar-refractivity contribution in [3.63, 3.8) is 0 Å². The van der Waals surface area contributed by atoms with Crippen molar-refractivity contribution in [2.75, 3.05) is 0 Å². The summed E-state index contributed by atoms with van der Waals surface area (Å²) in [6.07, 6.45) is 0. The summed E-state index contributed by atoms with van der Waals surface area (Å²) in [6, 6.07) is 36.3. The SMILES string of the molecule is O=C1NC(=O)c2c1ccc(C(=O)c1ccc(C#Cc3ccccc3)cc1)c2-c1ccc(Oc2ccccc2)cc1. The van der Waals surface area contributed by atoms with Gasteiger partial charge in [0.15, 0.2) is 5.78 Å². The Balaban J connectivity index is 1.35. The summed E-state index contributed by atoms with van der Waals surface area (Å²) in [4.78, 5) is 39.0. The van der Waals surface area contributed by atoms with E-state index in [0.29, 0.717) is 33.8 Å². The van der Waals surface area contributed by atoms with Gasteiger partial charge < -0.3 is 4.74 Å². The molecule has 5 aromatic rings. The fourth-order valence-corrected chi connectivity index (χ4v) is 4.59. The second kappa shape index (κ2) is 10.6. The Morgan fingerprint density at radius 1 is 0.575 bits per heavy atom. The van der Waals surface area contributed by atoms with E-state index in [2.05, 4.69) is 17.2 Å². The number of carbonyl (C=O) groups is 3. The summed E-state index contributed by atoms with van der Waals surface area (Å²) < 4.78 is 5.89. The molecule has 0 radical (unpaired) electrons. The minimum atomic E-state index is -0.527. The molecule has 0 atom stereocenters. The molecule has 0 spiro atoms. The maximum atomic E-state index is 13.7. The lowest BCUT2D eigenvalue weighted by Gasteiger charge is -2.14. The van der Waals surface area contributed by atoms with Crippen molar-refractivity contribution < 1.29 is 19.1 Å². The molecule has 1 heterocycles. The van der Waals surface area contributed by atoms with Gasteiger partial charge in [0.05, 0.1) is 11.1 Å². The summed E-state index contributed by atoms with van der Waals surface area (Å²) in [5, 5.41) is 2.35. The van der Waals surface area contributed by atoms with Gasteiger partial charge in [-0.3, -0.25) is 19.7 Å². The van der Waals surface area contributed by atoms with E-state index in [4.69, 9.17) is 4.74 Å². The van der Waals surface area contributed by atoms with E-state index < -0.39 is 11.8 Å². The number of rotatable bonds is 5. The van der Waals surface area contributed by atoms with E-state index in [1.807, 2.05) is 60.7 Å². The predicted molar refractivity (Wildman–Crippen MR) is 152 cm³/mol. The maximum Gasteiger partial charge on any atom is 0.259 e. The highest BCUT2D eigenvalue weighted by Crippen LogP contribution is 2.35. The number of benzene rings is 5. The second-order valence-corrected chi connectivity index (χ2v) is 9.16. The van der Waals surface area contributed by atoms with Crippen LogP contribution < -0.4 is 10.1 Å². The van der Waals surface area contributed by atoms with Crippen molar-refractivity contribution in [2.45, 2.75) is 0 Å². The molecule has 0 aromatic heterocycles. The zero-order valence-electron chi connectivity index (χ0n) is 21.2. The lowest BCUT2D eigenvalue weighted by Crippen LogP contribution is -2.20. The molecule has 40 heavy (non-hydrogen) atoms. The van der Waals surface area contributed by atoms with Crippen molar-refractivity contribution >= 4 is 17.6 Å². The minimum absolute atomic E-state index is 0.193. The van der Waals surface area contributed by atoms with Crippen molar-refractivity contribution in [2.24, 2.45) is 0 Å². The van der Waals surface area contributed by atoms with E-state index >= 15 is 0 Å². The van der Waals surface area contributed by atoms with E-state index in [-0.39, 0.29) is 16.9 Å². The summed E-state index contributed by atoms with van der Waals surface area (Å²) in [6.45, 7) is 0. The zero-order valence-corrected chi connectivity index (χ0v) is 21.2. The fraction of sp³-hybridized carbons (Fsp3) is 0. The number of fused-ring (bicyclic) bond motifs is 1. The number of hydrogen-bond acceptors (Lipinski definition) is 4. The topological polar surface area (TPSA) is 72.5 Å². The van der Waals surface area contributed by atoms with Crippen molar-refractivity contribution in [1.82, 2.24) is 5.32 Å². The van der Waals surface area contributed by atoms with Crippen LogP contribution >= 0.6 is 0 Å². The quantitative estimate of drug-likeness (QED) is 0.160. The number of ether oxygens (including phenoxy) is 1. The molecular weight excluding hydrogens is 498 g/mol. The summed E-state index contributed by atoms with van der Waals surface area (Å²) >= 11 is 0. The molecule has 0 saturated heterocycles. The largest absolute Gasteiger partial charge is 0.457 e. The lowest BCUT2D eigenvalue weighted by molar-refractivity contribution is 0.0879. The summed E-state index contributed by atoms with van der Waals surface area (Å²) in [5.74, 6) is 6.23. The standard InChI is InChI=1S/C35H21NO4/c37-33(26-15-13-24(14-16-26)12-11-23-7-3-1-4-8-23)29-21-22-30-32(35(39)36-34(30)38)31(29)25-17-19-28(20-18-25)40-27-9-5-2-6-10-27/h1-10,13-22H,(H,36,38,39). The van der Waals surface area contributed by atoms with Crippen LogP contribution in [0.1, 0.15) is 47.8 Å². The molecule has 6 rings (SSSR count). The molecule has 5 nitrogen and oxygen atoms in total. The van der Waals surface area contributed by atoms with E-state index in [0.717, 1.165) is 11.1 Å². The summed E-state index contributed by atoms with van der Waals surface area (Å²) in [7, 11) is 0. The van der Waals surface area contributed by atoms with Crippen molar-refractivity contribution in [1.29, 1.82) is 0 Å². The zero-order chi connectivity index (χ0) is 27.5. The molecule has 2 amide bonds. The first-order valence-corrected chi connectivity index (χ1v) is 12.6. The van der Waals surface area contributed by atoms with Gasteiger partial charge in [0.25, 0.3) is 11.8 Å². The number of hydrogen-bond donors (Lipinski definition) is 1. The molecule has 0 unspecified atom stereocenters. The minimum Gasteiger partial charge on any atom is -0.457 e. The molecule has 0 aliphatic carbocycles. The third-order valence-corrected chi connectivity index (χ3v) is 6.54. The van der Waals surface area contributed by atoms with Crippen LogP contribution in [0.4, 0.5) is 0 Å². The average molecular weight is 520 g/mol. The molecule has 0 saturated carbocycles. The highest BCUT2D eigenvalue weighted by molar-refractivity contribution is 6.26. The Kier molecular flexibility index (Phi) is 6.50. The van der Waals surface area contributed by atoms with Crippen LogP contribution in [0.2, 0.25) is 0 Å². The van der Waals surface area contributed by atoms with Crippen LogP contribution in [0, 0.1) is 11.8 Å². The number of nitrogens with one attached hydrogen (secondary N) is 1. The molecule has 1 aliphatic rings. The smallest absolute Gasteiger partial charge is 0.259 e. The summed E-state index contributed by atoms with van der Waals surface area (Å²) in [5.41, 5.74) is 3.90. The Morgan fingerprint density at radius 2 is 1.18 bits per heavy atom. The van der Waals surface area contributed by atoms with Gasteiger partial charge in [0.2, 0.25) is 0 Å². The van der Waals surface area contributed by atoms with Crippen LogP contribution in [0.5, 0.6) is 11.5 Å². The first-order chi connectivity index (χ1) is 19.6. The van der Waals surface area contributed by atoms with Gasteiger partial charge in [-0.2, -0.15) is 0 Å². The first-order valence-electron chi connectivity index (χ1n) is 12.6. The molecule has 1 N–H and O–H groups in total. The molecule has 0 fully saturated rings. The highest BCUT2D eigenvalue weighted by Gasteiger charge is 2.33. The van der Waals surface area contributed by atoms with Gasteiger partial charge in [0, 0.05) is 27.8 Å². The van der Waals surface area contributed by atoms with Gasteiger partial charge in [-0.25, -0.2) is 0 Å². The fourth-order valence-electron chi connectivity index (χ4n) is 4.59.